The number of nitrogens with one attached hydrogen (secondary N) is 1. The average molecular weight is 405 g/mol. The van der Waals surface area contributed by atoms with Gasteiger partial charge in [0.05, 0.1) is 19.3 Å². The quantitative estimate of drug-likeness (QED) is 0.704. The highest BCUT2D eigenvalue weighted by Gasteiger charge is 2.23. The SMILES string of the molecule is O=C(N[C@@H]1CCN(C(=O)OCc2ccccc2)CCOC1)On1c(O)ccc1O. The Hall–Kier alpha value is -3.40. The van der Waals surface area contributed by atoms with Crippen LogP contribution in [-0.4, -0.2) is 64.4 Å². The molecule has 1 saturated heterocycles. The maximum Gasteiger partial charge on any atom is 0.432 e. The summed E-state index contributed by atoms with van der Waals surface area (Å²) in [4.78, 5) is 30.7. The summed E-state index contributed by atoms with van der Waals surface area (Å²) in [5.74, 6) is -0.835. The molecule has 10 nitrogen and oxygen atoms in total. The Labute approximate surface area is 167 Å². The number of rotatable bonds is 4. The average Bonchev–Trinajstić information content (AvgIpc) is 3.01. The van der Waals surface area contributed by atoms with Crippen molar-refractivity contribution in [2.24, 2.45) is 0 Å². The number of aromatic nitrogens is 1. The van der Waals surface area contributed by atoms with E-state index in [1.807, 2.05) is 30.3 Å². The molecule has 1 fully saturated rings. The van der Waals surface area contributed by atoms with Gasteiger partial charge in [0, 0.05) is 25.2 Å². The van der Waals surface area contributed by atoms with Gasteiger partial charge in [-0.2, -0.15) is 0 Å². The van der Waals surface area contributed by atoms with E-state index >= 15 is 0 Å². The molecule has 0 bridgehead atoms. The topological polar surface area (TPSA) is 122 Å². The van der Waals surface area contributed by atoms with E-state index in [1.165, 1.54) is 17.0 Å². The third-order valence-electron chi connectivity index (χ3n) is 4.33. The number of aromatic hydroxyl groups is 2. The van der Waals surface area contributed by atoms with Crippen LogP contribution in [0.4, 0.5) is 9.59 Å². The van der Waals surface area contributed by atoms with Crippen LogP contribution in [0.1, 0.15) is 12.0 Å². The van der Waals surface area contributed by atoms with Gasteiger partial charge in [-0.1, -0.05) is 30.3 Å². The first-order valence-electron chi connectivity index (χ1n) is 9.15. The molecule has 1 aliphatic rings. The Morgan fingerprint density at radius 3 is 2.55 bits per heavy atom. The molecule has 2 amide bonds. The third kappa shape index (κ3) is 5.79. The summed E-state index contributed by atoms with van der Waals surface area (Å²) in [7, 11) is 0. The summed E-state index contributed by atoms with van der Waals surface area (Å²) in [5.41, 5.74) is 0.892. The lowest BCUT2D eigenvalue weighted by atomic mass is 10.2. The van der Waals surface area contributed by atoms with Gasteiger partial charge in [-0.05, 0) is 12.0 Å². The first kappa shape index (κ1) is 20.3. The molecule has 29 heavy (non-hydrogen) atoms. The highest BCUT2D eigenvalue weighted by atomic mass is 16.7. The minimum absolute atomic E-state index is 0.175. The molecule has 2 aromatic rings. The smallest absolute Gasteiger partial charge is 0.432 e. The van der Waals surface area contributed by atoms with E-state index in [0.29, 0.717) is 30.8 Å². The van der Waals surface area contributed by atoms with Gasteiger partial charge in [0.15, 0.2) is 0 Å². The van der Waals surface area contributed by atoms with E-state index in [1.54, 1.807) is 0 Å². The maximum atomic E-state index is 12.3. The van der Waals surface area contributed by atoms with Crippen LogP contribution < -0.4 is 10.2 Å². The lowest BCUT2D eigenvalue weighted by molar-refractivity contribution is 0.0430. The van der Waals surface area contributed by atoms with E-state index in [4.69, 9.17) is 14.3 Å². The molecule has 0 unspecified atom stereocenters. The zero-order valence-corrected chi connectivity index (χ0v) is 15.7. The molecular weight excluding hydrogens is 382 g/mol. The van der Waals surface area contributed by atoms with Crippen LogP contribution in [0.25, 0.3) is 0 Å². The van der Waals surface area contributed by atoms with Crippen LogP contribution in [0, 0.1) is 0 Å². The molecule has 0 aliphatic carbocycles. The molecule has 0 spiro atoms. The molecule has 1 aromatic carbocycles. The van der Waals surface area contributed by atoms with Crippen LogP contribution in [0.3, 0.4) is 0 Å². The maximum absolute atomic E-state index is 12.3. The molecule has 0 saturated carbocycles. The molecule has 10 heteroatoms. The first-order chi connectivity index (χ1) is 14.0. The van der Waals surface area contributed by atoms with Crippen LogP contribution in [0.2, 0.25) is 0 Å². The van der Waals surface area contributed by atoms with Gasteiger partial charge in [-0.15, -0.1) is 4.73 Å². The highest BCUT2D eigenvalue weighted by Crippen LogP contribution is 2.18. The van der Waals surface area contributed by atoms with Crippen molar-refractivity contribution < 1.29 is 34.1 Å². The lowest BCUT2D eigenvalue weighted by Crippen LogP contribution is -2.47. The molecule has 1 atom stereocenters. The van der Waals surface area contributed by atoms with Gasteiger partial charge in [0.2, 0.25) is 11.8 Å². The molecule has 0 radical (unpaired) electrons. The van der Waals surface area contributed by atoms with E-state index < -0.39 is 30.0 Å². The number of carbonyl (C=O) groups is 2. The van der Waals surface area contributed by atoms with Crippen LogP contribution in [-0.2, 0) is 16.1 Å². The third-order valence-corrected chi connectivity index (χ3v) is 4.33. The normalized spacial score (nSPS) is 17.1. The van der Waals surface area contributed by atoms with Crippen molar-refractivity contribution in [2.45, 2.75) is 19.1 Å². The van der Waals surface area contributed by atoms with Crippen molar-refractivity contribution in [1.82, 2.24) is 14.9 Å². The minimum Gasteiger partial charge on any atom is -0.492 e. The molecule has 3 rings (SSSR count). The van der Waals surface area contributed by atoms with Crippen molar-refractivity contribution in [3.8, 4) is 11.8 Å². The van der Waals surface area contributed by atoms with Crippen molar-refractivity contribution in [2.75, 3.05) is 26.3 Å². The Balaban J connectivity index is 1.48. The summed E-state index contributed by atoms with van der Waals surface area (Å²) in [6.45, 7) is 1.46. The van der Waals surface area contributed by atoms with Gasteiger partial charge in [-0.25, -0.2) is 9.59 Å². The fraction of sp³-hybridized carbons (Fsp3) is 0.368. The van der Waals surface area contributed by atoms with Gasteiger partial charge in [-0.3, -0.25) is 0 Å². The second kappa shape index (κ2) is 9.69. The predicted molar refractivity (Wildman–Crippen MR) is 100 cm³/mol. The second-order valence-corrected chi connectivity index (χ2v) is 6.45. The largest absolute Gasteiger partial charge is 0.492 e. The van der Waals surface area contributed by atoms with Gasteiger partial charge in [0.25, 0.3) is 0 Å². The molecular formula is C19H23N3O7. The molecule has 1 aromatic heterocycles. The zero-order chi connectivity index (χ0) is 20.6. The fourth-order valence-corrected chi connectivity index (χ4v) is 2.79. The number of ether oxygens (including phenoxy) is 2. The van der Waals surface area contributed by atoms with Crippen LogP contribution in [0.15, 0.2) is 42.5 Å². The van der Waals surface area contributed by atoms with Crippen molar-refractivity contribution in [3.05, 3.63) is 48.0 Å². The fourth-order valence-electron chi connectivity index (χ4n) is 2.79. The minimum atomic E-state index is -0.876. The van der Waals surface area contributed by atoms with Crippen molar-refractivity contribution in [1.29, 1.82) is 0 Å². The number of nitrogens with zero attached hydrogens (tertiary/aromatic N) is 2. The summed E-state index contributed by atoms with van der Waals surface area (Å²) >= 11 is 0. The second-order valence-electron chi connectivity index (χ2n) is 6.45. The van der Waals surface area contributed by atoms with Crippen LogP contribution in [0.5, 0.6) is 11.8 Å². The Morgan fingerprint density at radius 2 is 1.83 bits per heavy atom. The predicted octanol–water partition coefficient (Wildman–Crippen LogP) is 1.47. The van der Waals surface area contributed by atoms with E-state index in [-0.39, 0.29) is 13.2 Å². The Kier molecular flexibility index (Phi) is 6.80. The number of amides is 2. The standard InChI is InChI=1S/C19H23N3O7/c23-16-6-7-17(24)22(16)29-18(25)20-15-8-9-21(10-11-27-13-15)19(26)28-12-14-4-2-1-3-5-14/h1-7,15,23-24H,8-13H2,(H,20,25)/t15-/m1/s1. The number of carbonyl (C=O) groups excluding carboxylic acids is 2. The highest BCUT2D eigenvalue weighted by molar-refractivity contribution is 5.68. The first-order valence-corrected chi connectivity index (χ1v) is 9.15. The van der Waals surface area contributed by atoms with Crippen molar-refractivity contribution in [3.63, 3.8) is 0 Å². The Bertz CT molecular complexity index is 805. The monoisotopic (exact) mass is 405 g/mol. The van der Waals surface area contributed by atoms with Crippen LogP contribution >= 0.6 is 0 Å². The zero-order valence-electron chi connectivity index (χ0n) is 15.7. The molecule has 1 aliphatic heterocycles. The number of benzene rings is 1. The summed E-state index contributed by atoms with van der Waals surface area (Å²) in [6.07, 6.45) is -0.916. The van der Waals surface area contributed by atoms with E-state index in [9.17, 15) is 19.8 Å². The lowest BCUT2D eigenvalue weighted by Gasteiger charge is -2.28. The number of hydrogen-bond acceptors (Lipinski definition) is 7. The number of hydrogen-bond donors (Lipinski definition) is 3. The molecule has 2 heterocycles. The Morgan fingerprint density at radius 1 is 1.10 bits per heavy atom. The van der Waals surface area contributed by atoms with E-state index in [2.05, 4.69) is 5.32 Å². The van der Waals surface area contributed by atoms with Gasteiger partial charge < -0.3 is 34.7 Å². The molecule has 3 N–H and O–H groups in total. The van der Waals surface area contributed by atoms with Crippen molar-refractivity contribution >= 4 is 12.2 Å². The summed E-state index contributed by atoms with van der Waals surface area (Å²) in [5, 5.41) is 21.6. The van der Waals surface area contributed by atoms with E-state index in [0.717, 1.165) is 5.56 Å². The van der Waals surface area contributed by atoms with Gasteiger partial charge in [0.1, 0.15) is 6.61 Å². The summed E-state index contributed by atoms with van der Waals surface area (Å²) < 4.78 is 11.4. The summed E-state index contributed by atoms with van der Waals surface area (Å²) in [6, 6.07) is 11.3. The molecule has 156 valence electrons. The van der Waals surface area contributed by atoms with Gasteiger partial charge >= 0.3 is 12.2 Å².